The second-order valence-electron chi connectivity index (χ2n) is 9.38. The van der Waals surface area contributed by atoms with E-state index in [2.05, 4.69) is 65.8 Å². The molecule has 1 atom stereocenters. The number of hydrogen-bond acceptors (Lipinski definition) is 2. The Bertz CT molecular complexity index is 780. The van der Waals surface area contributed by atoms with Crippen molar-refractivity contribution in [2.24, 2.45) is 0 Å². The van der Waals surface area contributed by atoms with Crippen LogP contribution in [0.1, 0.15) is 90.7 Å². The van der Waals surface area contributed by atoms with E-state index in [1.54, 1.807) is 0 Å². The van der Waals surface area contributed by atoms with Crippen LogP contribution >= 0.6 is 0 Å². The highest BCUT2D eigenvalue weighted by molar-refractivity contribution is 5.54. The van der Waals surface area contributed by atoms with Gasteiger partial charge in [0.15, 0.2) is 0 Å². The molecule has 0 unspecified atom stereocenters. The van der Waals surface area contributed by atoms with Crippen LogP contribution in [-0.2, 0) is 6.42 Å². The number of hydrogen-bond donors (Lipinski definition) is 1. The maximum atomic E-state index is 6.45. The first-order valence-corrected chi connectivity index (χ1v) is 11.2. The van der Waals surface area contributed by atoms with Gasteiger partial charge in [0.2, 0.25) is 0 Å². The molecule has 2 N–H and O–H groups in total. The lowest BCUT2D eigenvalue weighted by Crippen LogP contribution is -2.36. The fourth-order valence-electron chi connectivity index (χ4n) is 4.04. The number of allylic oxidation sites excluding steroid dienone is 6. The van der Waals surface area contributed by atoms with E-state index in [4.69, 9.17) is 10.5 Å². The Morgan fingerprint density at radius 2 is 1.62 bits per heavy atom. The quantitative estimate of drug-likeness (QED) is 0.341. The van der Waals surface area contributed by atoms with Crippen molar-refractivity contribution in [2.45, 2.75) is 98.5 Å². The lowest BCUT2D eigenvalue weighted by Gasteiger charge is -2.36. The molecule has 0 radical (unpaired) electrons. The fourth-order valence-corrected chi connectivity index (χ4v) is 4.04. The highest BCUT2D eigenvalue weighted by Crippen LogP contribution is 2.39. The van der Waals surface area contributed by atoms with Gasteiger partial charge in [-0.1, -0.05) is 34.9 Å². The molecule has 2 nitrogen and oxygen atoms in total. The molecule has 1 aliphatic heterocycles. The van der Waals surface area contributed by atoms with E-state index in [9.17, 15) is 0 Å². The van der Waals surface area contributed by atoms with Crippen molar-refractivity contribution < 1.29 is 4.74 Å². The molecule has 0 aromatic heterocycles. The van der Waals surface area contributed by atoms with Gasteiger partial charge in [-0.15, -0.1) is 0 Å². The maximum absolute atomic E-state index is 6.45. The second kappa shape index (κ2) is 10.7. The number of nitrogens with two attached hydrogens (primary N) is 1. The zero-order valence-corrected chi connectivity index (χ0v) is 19.5. The molecule has 2 rings (SSSR count). The monoisotopic (exact) mass is 395 g/mol. The molecule has 2 heteroatoms. The van der Waals surface area contributed by atoms with Gasteiger partial charge in [0.1, 0.15) is 11.4 Å². The van der Waals surface area contributed by atoms with Crippen molar-refractivity contribution in [1.29, 1.82) is 0 Å². The molecule has 0 fully saturated rings. The number of fused-ring (bicyclic) bond motifs is 1. The second-order valence-corrected chi connectivity index (χ2v) is 9.38. The van der Waals surface area contributed by atoms with Crippen LogP contribution in [0.4, 0.5) is 5.69 Å². The lowest BCUT2D eigenvalue weighted by atomic mass is 9.87. The van der Waals surface area contributed by atoms with Gasteiger partial charge in [-0.05, 0) is 116 Å². The normalized spacial score (nSPS) is 19.5. The highest BCUT2D eigenvalue weighted by atomic mass is 16.5. The summed E-state index contributed by atoms with van der Waals surface area (Å²) in [5.74, 6) is 1.06. The Hall–Kier alpha value is -1.96. The number of ether oxygens (including phenoxy) is 1. The van der Waals surface area contributed by atoms with Crippen LogP contribution in [0.5, 0.6) is 5.75 Å². The fraction of sp³-hybridized carbons (Fsp3) is 0.556. The molecule has 1 aliphatic rings. The van der Waals surface area contributed by atoms with Crippen LogP contribution in [0.15, 0.2) is 47.1 Å². The van der Waals surface area contributed by atoms with E-state index in [1.807, 2.05) is 6.07 Å². The van der Waals surface area contributed by atoms with Gasteiger partial charge in [0, 0.05) is 5.69 Å². The zero-order valence-electron chi connectivity index (χ0n) is 19.5. The number of aryl methyl sites for hydroxylation is 2. The van der Waals surface area contributed by atoms with E-state index < -0.39 is 0 Å². The first-order chi connectivity index (χ1) is 13.7. The Morgan fingerprint density at radius 1 is 1.00 bits per heavy atom. The molecule has 1 aromatic carbocycles. The van der Waals surface area contributed by atoms with Crippen LogP contribution in [0.2, 0.25) is 0 Å². The van der Waals surface area contributed by atoms with Crippen LogP contribution in [0.25, 0.3) is 0 Å². The summed E-state index contributed by atoms with van der Waals surface area (Å²) in [6, 6.07) is 4.09. The van der Waals surface area contributed by atoms with Gasteiger partial charge >= 0.3 is 0 Å². The molecule has 0 aliphatic carbocycles. The summed E-state index contributed by atoms with van der Waals surface area (Å²) in [7, 11) is 0. The Labute approximate surface area is 178 Å². The topological polar surface area (TPSA) is 35.2 Å². The maximum Gasteiger partial charge on any atom is 0.126 e. The molecule has 0 saturated carbocycles. The highest BCUT2D eigenvalue weighted by Gasteiger charge is 2.31. The Balaban J connectivity index is 1.79. The molecule has 160 valence electrons. The lowest BCUT2D eigenvalue weighted by molar-refractivity contribution is 0.0563. The first-order valence-electron chi connectivity index (χ1n) is 11.2. The minimum Gasteiger partial charge on any atom is -0.487 e. The predicted octanol–water partition coefficient (Wildman–Crippen LogP) is 7.86. The molecule has 1 heterocycles. The van der Waals surface area contributed by atoms with E-state index in [-0.39, 0.29) is 5.60 Å². The summed E-state index contributed by atoms with van der Waals surface area (Å²) in [4.78, 5) is 0. The van der Waals surface area contributed by atoms with Crippen molar-refractivity contribution in [2.75, 3.05) is 5.73 Å². The third-order valence-electron chi connectivity index (χ3n) is 5.93. The van der Waals surface area contributed by atoms with Crippen molar-refractivity contribution in [1.82, 2.24) is 0 Å². The van der Waals surface area contributed by atoms with E-state index in [0.717, 1.165) is 61.9 Å². The van der Waals surface area contributed by atoms with Crippen LogP contribution in [-0.4, -0.2) is 5.60 Å². The number of anilines is 1. The van der Waals surface area contributed by atoms with Crippen molar-refractivity contribution in [3.63, 3.8) is 0 Å². The van der Waals surface area contributed by atoms with Crippen molar-refractivity contribution >= 4 is 5.69 Å². The predicted molar refractivity (Wildman–Crippen MR) is 128 cm³/mol. The van der Waals surface area contributed by atoms with Gasteiger partial charge in [0.25, 0.3) is 0 Å². The molecule has 29 heavy (non-hydrogen) atoms. The van der Waals surface area contributed by atoms with Gasteiger partial charge < -0.3 is 10.5 Å². The third-order valence-corrected chi connectivity index (χ3v) is 5.93. The average molecular weight is 396 g/mol. The molecular weight excluding hydrogens is 354 g/mol. The summed E-state index contributed by atoms with van der Waals surface area (Å²) in [5, 5.41) is 0. The van der Waals surface area contributed by atoms with E-state index >= 15 is 0 Å². The van der Waals surface area contributed by atoms with Crippen LogP contribution in [0, 0.1) is 6.92 Å². The molecule has 0 bridgehead atoms. The summed E-state index contributed by atoms with van der Waals surface area (Å²) < 4.78 is 6.45. The number of rotatable bonds is 9. The standard InChI is InChI=1S/C27H41NO/c1-20(2)10-7-11-21(3)12-8-13-22(4)14-9-16-27(6)17-15-24-19-25(28)18-23(5)26(24)29-27/h10,12,14,18-19H,7-9,11,13,15-17,28H2,1-6H3/b21-12+,22-14+/t27-/m1/s1. The summed E-state index contributed by atoms with van der Waals surface area (Å²) in [5.41, 5.74) is 13.6. The Morgan fingerprint density at radius 3 is 2.28 bits per heavy atom. The minimum atomic E-state index is -0.0773. The molecule has 0 amide bonds. The minimum absolute atomic E-state index is 0.0773. The van der Waals surface area contributed by atoms with Crippen LogP contribution < -0.4 is 10.5 Å². The first kappa shape index (κ1) is 23.3. The number of benzene rings is 1. The van der Waals surface area contributed by atoms with Crippen molar-refractivity contribution in [3.05, 3.63) is 58.2 Å². The average Bonchev–Trinajstić information content (AvgIpc) is 2.62. The molecule has 1 aromatic rings. The summed E-state index contributed by atoms with van der Waals surface area (Å²) in [6.45, 7) is 13.2. The van der Waals surface area contributed by atoms with Gasteiger partial charge in [-0.2, -0.15) is 0 Å². The third kappa shape index (κ3) is 7.76. The summed E-state index contributed by atoms with van der Waals surface area (Å²) in [6.07, 6.45) is 16.0. The van der Waals surface area contributed by atoms with Crippen LogP contribution in [0.3, 0.4) is 0 Å². The SMILES string of the molecule is CC(C)=CCC/C(C)=C/CC/C(C)=C/CC[C@]1(C)CCc2cc(N)cc(C)c2O1. The van der Waals surface area contributed by atoms with Gasteiger partial charge in [-0.25, -0.2) is 0 Å². The molecular formula is C27H41NO. The number of nitrogen functional groups attached to an aromatic ring is 1. The summed E-state index contributed by atoms with van der Waals surface area (Å²) >= 11 is 0. The molecule has 0 spiro atoms. The van der Waals surface area contributed by atoms with Gasteiger partial charge in [0.05, 0.1) is 0 Å². The zero-order chi connectivity index (χ0) is 21.4. The van der Waals surface area contributed by atoms with E-state index in [0.29, 0.717) is 0 Å². The molecule has 0 saturated heterocycles. The smallest absolute Gasteiger partial charge is 0.126 e. The van der Waals surface area contributed by atoms with Gasteiger partial charge in [-0.3, -0.25) is 0 Å². The largest absolute Gasteiger partial charge is 0.487 e. The Kier molecular flexibility index (Phi) is 8.61. The van der Waals surface area contributed by atoms with E-state index in [1.165, 1.54) is 28.7 Å². The van der Waals surface area contributed by atoms with Crippen molar-refractivity contribution in [3.8, 4) is 5.75 Å².